The number of rotatable bonds is 5. The van der Waals surface area contributed by atoms with E-state index in [-0.39, 0.29) is 12.4 Å². The van der Waals surface area contributed by atoms with Crippen LogP contribution in [0, 0.1) is 0 Å². The van der Waals surface area contributed by atoms with Gasteiger partial charge in [0, 0.05) is 24.4 Å². The summed E-state index contributed by atoms with van der Waals surface area (Å²) in [6.07, 6.45) is 3.83. The number of pyridine rings is 2. The number of methoxy groups -OCH3 is 4. The van der Waals surface area contributed by atoms with E-state index in [4.69, 9.17) is 23.7 Å². The molecule has 4 rings (SSSR count). The molecular formula is C23H22ClNO6. The lowest BCUT2D eigenvalue weighted by molar-refractivity contribution is -0.509. The maximum Gasteiger partial charge on any atom is 0.308 e. The second kappa shape index (κ2) is 8.73. The summed E-state index contributed by atoms with van der Waals surface area (Å²) < 4.78 is 29.6. The molecule has 2 aromatic carbocycles. The fourth-order valence-electron chi connectivity index (χ4n) is 3.75. The van der Waals surface area contributed by atoms with Crippen molar-refractivity contribution in [2.45, 2.75) is 6.92 Å². The van der Waals surface area contributed by atoms with Crippen LogP contribution in [-0.2, 0) is 4.79 Å². The summed E-state index contributed by atoms with van der Waals surface area (Å²) >= 11 is 0. The molecule has 0 fully saturated rings. The molecule has 31 heavy (non-hydrogen) atoms. The number of esters is 1. The van der Waals surface area contributed by atoms with Crippen molar-refractivity contribution < 1.29 is 45.3 Å². The maximum atomic E-state index is 11.7. The molecule has 0 aliphatic carbocycles. The van der Waals surface area contributed by atoms with Crippen LogP contribution in [0.4, 0.5) is 0 Å². The summed E-state index contributed by atoms with van der Waals surface area (Å²) in [5.74, 6) is 2.16. The van der Waals surface area contributed by atoms with Gasteiger partial charge in [-0.05, 0) is 23.6 Å². The fourth-order valence-corrected chi connectivity index (χ4v) is 3.75. The van der Waals surface area contributed by atoms with Crippen molar-refractivity contribution in [2.75, 3.05) is 28.4 Å². The van der Waals surface area contributed by atoms with E-state index >= 15 is 0 Å². The lowest BCUT2D eigenvalue weighted by Crippen LogP contribution is -3.00. The molecule has 0 unspecified atom stereocenters. The lowest BCUT2D eigenvalue weighted by atomic mass is 10.0. The molecule has 0 saturated heterocycles. The van der Waals surface area contributed by atoms with Crippen LogP contribution in [-0.4, -0.2) is 34.4 Å². The zero-order valence-corrected chi connectivity index (χ0v) is 18.6. The number of carbonyl (C=O) groups is 1. The molecule has 0 amide bonds. The third-order valence-corrected chi connectivity index (χ3v) is 5.03. The van der Waals surface area contributed by atoms with Gasteiger partial charge >= 0.3 is 5.97 Å². The maximum absolute atomic E-state index is 11.7. The molecule has 2 heterocycles. The second-order valence-corrected chi connectivity index (χ2v) is 6.68. The van der Waals surface area contributed by atoms with Crippen molar-refractivity contribution in [1.29, 1.82) is 0 Å². The Labute approximate surface area is 185 Å². The predicted octanol–water partition coefficient (Wildman–Crippen LogP) is 0.695. The van der Waals surface area contributed by atoms with E-state index in [0.717, 1.165) is 27.1 Å². The molecule has 7 nitrogen and oxygen atoms in total. The number of aromatic nitrogens is 1. The van der Waals surface area contributed by atoms with E-state index in [1.807, 2.05) is 41.1 Å². The van der Waals surface area contributed by atoms with Crippen molar-refractivity contribution in [3.8, 4) is 28.7 Å². The molecule has 0 saturated carbocycles. The average molecular weight is 444 g/mol. The molecular weight excluding hydrogens is 422 g/mol. The first-order valence-corrected chi connectivity index (χ1v) is 9.28. The molecule has 0 N–H and O–H groups in total. The third kappa shape index (κ3) is 3.61. The van der Waals surface area contributed by atoms with Gasteiger partial charge in [-0.3, -0.25) is 4.79 Å². The van der Waals surface area contributed by atoms with Crippen molar-refractivity contribution in [3.63, 3.8) is 0 Å². The number of nitrogens with zero attached hydrogens (tertiary/aromatic N) is 1. The molecule has 8 heteroatoms. The highest BCUT2D eigenvalue weighted by molar-refractivity contribution is 6.04. The highest BCUT2D eigenvalue weighted by Gasteiger charge is 2.23. The van der Waals surface area contributed by atoms with Crippen LogP contribution < -0.4 is 40.5 Å². The summed E-state index contributed by atoms with van der Waals surface area (Å²) in [6.45, 7) is 1.37. The molecule has 0 spiro atoms. The number of benzene rings is 2. The Kier molecular flexibility index (Phi) is 6.27. The summed E-state index contributed by atoms with van der Waals surface area (Å²) in [6, 6.07) is 9.60. The van der Waals surface area contributed by atoms with Gasteiger partial charge in [0.05, 0.1) is 33.8 Å². The fraction of sp³-hybridized carbons (Fsp3) is 0.217. The zero-order valence-electron chi connectivity index (χ0n) is 17.8. The van der Waals surface area contributed by atoms with Crippen LogP contribution in [0.5, 0.6) is 28.7 Å². The summed E-state index contributed by atoms with van der Waals surface area (Å²) in [7, 11) is 6.32. The zero-order chi connectivity index (χ0) is 21.4. The highest BCUT2D eigenvalue weighted by atomic mass is 35.5. The molecule has 4 aromatic rings. The van der Waals surface area contributed by atoms with Gasteiger partial charge in [0.15, 0.2) is 35.4 Å². The van der Waals surface area contributed by atoms with Crippen molar-refractivity contribution in [3.05, 3.63) is 42.7 Å². The minimum atomic E-state index is -0.414. The number of halogens is 1. The molecule has 0 radical (unpaired) electrons. The van der Waals surface area contributed by atoms with Gasteiger partial charge in [-0.15, -0.1) is 0 Å². The van der Waals surface area contributed by atoms with Gasteiger partial charge in [0.1, 0.15) is 5.39 Å². The van der Waals surface area contributed by atoms with Crippen molar-refractivity contribution in [1.82, 2.24) is 0 Å². The first-order chi connectivity index (χ1) is 14.5. The molecule has 0 bridgehead atoms. The molecule has 0 atom stereocenters. The predicted molar refractivity (Wildman–Crippen MR) is 112 cm³/mol. The van der Waals surface area contributed by atoms with Crippen LogP contribution in [0.25, 0.3) is 27.1 Å². The Morgan fingerprint density at radius 3 is 2.13 bits per heavy atom. The number of ether oxygens (including phenoxy) is 5. The van der Waals surface area contributed by atoms with Gasteiger partial charge < -0.3 is 36.1 Å². The Hall–Kier alpha value is -3.45. The smallest absolute Gasteiger partial charge is 0.308 e. The monoisotopic (exact) mass is 443 g/mol. The minimum Gasteiger partial charge on any atom is -1.00 e. The number of hydrogen-bond acceptors (Lipinski definition) is 6. The van der Waals surface area contributed by atoms with Gasteiger partial charge in [-0.25, -0.2) is 0 Å². The van der Waals surface area contributed by atoms with Crippen LogP contribution in [0.1, 0.15) is 6.92 Å². The van der Waals surface area contributed by atoms with Crippen molar-refractivity contribution >= 4 is 33.0 Å². The summed E-state index contributed by atoms with van der Waals surface area (Å²) in [4.78, 5) is 11.7. The SMILES string of the molecule is COc1cc2cc[n+]3cc4c(OC(C)=O)c(OC)ccc4cc3c2c(OC)c1OC.[Cl-]. The Morgan fingerprint density at radius 2 is 1.52 bits per heavy atom. The normalized spacial score (nSPS) is 10.6. The minimum absolute atomic E-state index is 0. The Bertz CT molecular complexity index is 1300. The third-order valence-electron chi connectivity index (χ3n) is 5.03. The van der Waals surface area contributed by atoms with E-state index < -0.39 is 5.97 Å². The molecule has 0 aliphatic rings. The van der Waals surface area contributed by atoms with Crippen LogP contribution >= 0.6 is 0 Å². The van der Waals surface area contributed by atoms with Crippen LogP contribution in [0.15, 0.2) is 42.7 Å². The van der Waals surface area contributed by atoms with E-state index in [1.54, 1.807) is 34.5 Å². The number of carbonyl (C=O) groups excluding carboxylic acids is 1. The van der Waals surface area contributed by atoms with Crippen LogP contribution in [0.3, 0.4) is 0 Å². The average Bonchev–Trinajstić information content (AvgIpc) is 2.76. The summed E-state index contributed by atoms with van der Waals surface area (Å²) in [5.41, 5.74) is 0.900. The van der Waals surface area contributed by atoms with E-state index in [0.29, 0.717) is 28.7 Å². The summed E-state index contributed by atoms with van der Waals surface area (Å²) in [5, 5.41) is 3.46. The molecule has 162 valence electrons. The lowest BCUT2D eigenvalue weighted by Gasteiger charge is -2.15. The first-order valence-electron chi connectivity index (χ1n) is 9.28. The van der Waals surface area contributed by atoms with E-state index in [9.17, 15) is 4.79 Å². The number of hydrogen-bond donors (Lipinski definition) is 0. The largest absolute Gasteiger partial charge is 1.00 e. The second-order valence-electron chi connectivity index (χ2n) is 6.68. The topological polar surface area (TPSA) is 67.3 Å². The van der Waals surface area contributed by atoms with Gasteiger partial charge in [-0.2, -0.15) is 4.40 Å². The number of fused-ring (bicyclic) bond motifs is 4. The van der Waals surface area contributed by atoms with E-state index in [2.05, 4.69) is 0 Å². The first kappa shape index (κ1) is 22.2. The van der Waals surface area contributed by atoms with Gasteiger partial charge in [-0.1, -0.05) is 0 Å². The van der Waals surface area contributed by atoms with Gasteiger partial charge in [0.25, 0.3) is 0 Å². The Morgan fingerprint density at radius 1 is 0.806 bits per heavy atom. The molecule has 2 aromatic heterocycles. The van der Waals surface area contributed by atoms with E-state index in [1.165, 1.54) is 6.92 Å². The van der Waals surface area contributed by atoms with Crippen molar-refractivity contribution in [2.24, 2.45) is 0 Å². The highest BCUT2D eigenvalue weighted by Crippen LogP contribution is 2.45. The van der Waals surface area contributed by atoms with Crippen LogP contribution in [0.2, 0.25) is 0 Å². The van der Waals surface area contributed by atoms with Gasteiger partial charge in [0.2, 0.25) is 11.3 Å². The quantitative estimate of drug-likeness (QED) is 0.149. The Balaban J connectivity index is 0.00000272. The standard InChI is InChI=1S/C23H22NO6.ClH/c1-13(25)30-21-16-12-24-9-8-15-11-19(27-3)22(28-4)23(29-5)20(15)17(24)10-14(16)6-7-18(21)26-2;/h6-12H,1-5H3;1H/q+1;/p-1. The molecule has 0 aliphatic heterocycles.